The van der Waals surface area contributed by atoms with Gasteiger partial charge in [-0.2, -0.15) is 0 Å². The van der Waals surface area contributed by atoms with E-state index >= 15 is 0 Å². The fourth-order valence-electron chi connectivity index (χ4n) is 1.34. The Labute approximate surface area is 133 Å². The second kappa shape index (κ2) is 13.8. The highest BCUT2D eigenvalue weighted by molar-refractivity contribution is 5.67. The van der Waals surface area contributed by atoms with Crippen LogP contribution in [0.4, 0.5) is 4.79 Å². The third kappa shape index (κ3) is 17.2. The van der Waals surface area contributed by atoms with Crippen molar-refractivity contribution < 1.29 is 28.5 Å². The number of alkyl carbamates (subject to hydrolysis) is 1. The minimum atomic E-state index is -0.483. The van der Waals surface area contributed by atoms with E-state index in [1.54, 1.807) is 0 Å². The summed E-state index contributed by atoms with van der Waals surface area (Å²) in [6, 6.07) is 0. The van der Waals surface area contributed by atoms with Crippen LogP contribution in [0.5, 0.6) is 0 Å². The maximum atomic E-state index is 11.3. The lowest BCUT2D eigenvalue weighted by Crippen LogP contribution is -2.34. The number of nitrogens with one attached hydrogen (secondary N) is 1. The van der Waals surface area contributed by atoms with Crippen molar-refractivity contribution in [2.45, 2.75) is 33.3 Å². The van der Waals surface area contributed by atoms with E-state index in [9.17, 15) is 4.79 Å². The van der Waals surface area contributed by atoms with Gasteiger partial charge < -0.3 is 29.0 Å². The number of rotatable bonds is 13. The van der Waals surface area contributed by atoms with Crippen LogP contribution in [0.2, 0.25) is 0 Å². The van der Waals surface area contributed by atoms with Crippen molar-refractivity contribution in [3.63, 3.8) is 0 Å². The van der Waals surface area contributed by atoms with E-state index in [4.69, 9.17) is 23.7 Å². The molecule has 0 unspecified atom stereocenters. The average molecular weight is 321 g/mol. The Bertz CT molecular complexity index is 267. The maximum absolute atomic E-state index is 11.3. The highest BCUT2D eigenvalue weighted by Gasteiger charge is 2.15. The molecule has 7 nitrogen and oxygen atoms in total. The molecule has 1 amide bonds. The van der Waals surface area contributed by atoms with Crippen LogP contribution < -0.4 is 5.32 Å². The van der Waals surface area contributed by atoms with Crippen molar-refractivity contribution in [3.05, 3.63) is 0 Å². The molecule has 0 aromatic heterocycles. The van der Waals surface area contributed by atoms with Crippen LogP contribution in [-0.2, 0) is 23.7 Å². The zero-order valence-corrected chi connectivity index (χ0v) is 14.3. The van der Waals surface area contributed by atoms with Crippen molar-refractivity contribution in [1.82, 2.24) is 5.32 Å². The van der Waals surface area contributed by atoms with E-state index in [2.05, 4.69) is 5.32 Å². The topological polar surface area (TPSA) is 75.3 Å². The standard InChI is InChI=1S/C15H31NO6/c1-5-18-8-9-20-12-13-21-11-10-19-7-6-16-14(17)22-15(2,3)4/h5-13H2,1-4H3,(H,16,17). The molecular formula is C15H31NO6. The van der Waals surface area contributed by atoms with E-state index in [-0.39, 0.29) is 0 Å². The molecule has 0 aliphatic carbocycles. The number of ether oxygens (including phenoxy) is 5. The molecule has 0 radical (unpaired) electrons. The minimum Gasteiger partial charge on any atom is -0.444 e. The van der Waals surface area contributed by atoms with Gasteiger partial charge in [0.25, 0.3) is 0 Å². The Hall–Kier alpha value is -0.890. The van der Waals surface area contributed by atoms with Gasteiger partial charge in [-0.05, 0) is 27.7 Å². The van der Waals surface area contributed by atoms with Crippen molar-refractivity contribution >= 4 is 6.09 Å². The summed E-state index contributed by atoms with van der Waals surface area (Å²) in [5, 5.41) is 2.62. The predicted molar refractivity (Wildman–Crippen MR) is 83.2 cm³/mol. The van der Waals surface area contributed by atoms with Crippen molar-refractivity contribution in [2.24, 2.45) is 0 Å². The third-order valence-corrected chi connectivity index (χ3v) is 2.23. The smallest absolute Gasteiger partial charge is 0.407 e. The van der Waals surface area contributed by atoms with Gasteiger partial charge in [0.15, 0.2) is 0 Å². The summed E-state index contributed by atoms with van der Waals surface area (Å²) in [5.41, 5.74) is -0.483. The monoisotopic (exact) mass is 321 g/mol. The summed E-state index contributed by atoms with van der Waals surface area (Å²) in [7, 11) is 0. The first kappa shape index (κ1) is 21.1. The zero-order chi connectivity index (χ0) is 16.7. The van der Waals surface area contributed by atoms with Gasteiger partial charge in [0.05, 0.1) is 46.2 Å². The molecule has 1 N–H and O–H groups in total. The van der Waals surface area contributed by atoms with Crippen molar-refractivity contribution in [1.29, 1.82) is 0 Å². The quantitative estimate of drug-likeness (QED) is 0.519. The van der Waals surface area contributed by atoms with Crippen LogP contribution in [0.15, 0.2) is 0 Å². The lowest BCUT2D eigenvalue weighted by Gasteiger charge is -2.19. The summed E-state index contributed by atoms with van der Waals surface area (Å²) in [6.45, 7) is 12.2. The van der Waals surface area contributed by atoms with Gasteiger partial charge >= 0.3 is 6.09 Å². The van der Waals surface area contributed by atoms with Gasteiger partial charge in [-0.1, -0.05) is 0 Å². The molecule has 0 aliphatic rings. The molecule has 0 aromatic carbocycles. The van der Waals surface area contributed by atoms with Crippen LogP contribution in [0.3, 0.4) is 0 Å². The number of amides is 1. The van der Waals surface area contributed by atoms with E-state index in [0.29, 0.717) is 59.4 Å². The Balaban J connectivity index is 3.16. The molecule has 0 spiro atoms. The molecule has 0 heterocycles. The second-order valence-electron chi connectivity index (χ2n) is 5.46. The average Bonchev–Trinajstić information content (AvgIpc) is 2.42. The van der Waals surface area contributed by atoms with E-state index < -0.39 is 11.7 Å². The molecule has 0 saturated heterocycles. The molecule has 0 aromatic rings. The van der Waals surface area contributed by atoms with E-state index in [0.717, 1.165) is 0 Å². The van der Waals surface area contributed by atoms with Crippen LogP contribution in [0, 0.1) is 0 Å². The largest absolute Gasteiger partial charge is 0.444 e. The molecule has 0 atom stereocenters. The molecule has 132 valence electrons. The lowest BCUT2D eigenvalue weighted by molar-refractivity contribution is -0.000496. The van der Waals surface area contributed by atoms with Crippen LogP contribution in [0.25, 0.3) is 0 Å². The highest BCUT2D eigenvalue weighted by Crippen LogP contribution is 2.05. The van der Waals surface area contributed by atoms with E-state index in [1.165, 1.54) is 0 Å². The molecule has 0 saturated carbocycles. The SMILES string of the molecule is CCOCCOCCOCCOCCNC(=O)OC(C)(C)C. The van der Waals surface area contributed by atoms with Crippen LogP contribution in [-0.4, -0.2) is 71.1 Å². The number of hydrogen-bond donors (Lipinski definition) is 1. The Morgan fingerprint density at radius 3 is 1.73 bits per heavy atom. The summed E-state index contributed by atoms with van der Waals surface area (Å²) in [5.74, 6) is 0. The van der Waals surface area contributed by atoms with Gasteiger partial charge in [0.1, 0.15) is 5.60 Å². The molecule has 0 bridgehead atoms. The van der Waals surface area contributed by atoms with Crippen molar-refractivity contribution in [2.75, 3.05) is 59.4 Å². The molecule has 22 heavy (non-hydrogen) atoms. The van der Waals surface area contributed by atoms with Crippen molar-refractivity contribution in [3.8, 4) is 0 Å². The first-order valence-electron chi connectivity index (χ1n) is 7.73. The molecule has 0 fully saturated rings. The summed E-state index contributed by atoms with van der Waals surface area (Å²) < 4.78 is 26.2. The fourth-order valence-corrected chi connectivity index (χ4v) is 1.34. The van der Waals surface area contributed by atoms with Gasteiger partial charge in [0, 0.05) is 13.2 Å². The van der Waals surface area contributed by atoms with Crippen LogP contribution in [0.1, 0.15) is 27.7 Å². The zero-order valence-electron chi connectivity index (χ0n) is 14.3. The molecule has 0 aliphatic heterocycles. The Morgan fingerprint density at radius 1 is 0.818 bits per heavy atom. The summed E-state index contributed by atoms with van der Waals surface area (Å²) in [6.07, 6.45) is -0.434. The van der Waals surface area contributed by atoms with Gasteiger partial charge in [-0.25, -0.2) is 4.79 Å². The highest BCUT2D eigenvalue weighted by atomic mass is 16.6. The normalized spacial score (nSPS) is 11.5. The molecular weight excluding hydrogens is 290 g/mol. The van der Waals surface area contributed by atoms with Crippen LogP contribution >= 0.6 is 0 Å². The lowest BCUT2D eigenvalue weighted by atomic mass is 10.2. The first-order chi connectivity index (χ1) is 10.5. The van der Waals surface area contributed by atoms with Gasteiger partial charge in [-0.3, -0.25) is 0 Å². The molecule has 7 heteroatoms. The predicted octanol–water partition coefficient (Wildman–Crippen LogP) is 1.60. The Kier molecular flexibility index (Phi) is 13.2. The Morgan fingerprint density at radius 2 is 1.27 bits per heavy atom. The third-order valence-electron chi connectivity index (χ3n) is 2.23. The summed E-state index contributed by atoms with van der Waals surface area (Å²) >= 11 is 0. The number of hydrogen-bond acceptors (Lipinski definition) is 6. The summed E-state index contributed by atoms with van der Waals surface area (Å²) in [4.78, 5) is 11.3. The number of carbonyl (C=O) groups is 1. The second-order valence-corrected chi connectivity index (χ2v) is 5.46. The minimum absolute atomic E-state index is 0.412. The van der Waals surface area contributed by atoms with Gasteiger partial charge in [-0.15, -0.1) is 0 Å². The number of carbonyl (C=O) groups excluding carboxylic acids is 1. The van der Waals surface area contributed by atoms with Gasteiger partial charge in [0.2, 0.25) is 0 Å². The maximum Gasteiger partial charge on any atom is 0.407 e. The van der Waals surface area contributed by atoms with E-state index in [1.807, 2.05) is 27.7 Å². The molecule has 0 rings (SSSR count). The fraction of sp³-hybridized carbons (Fsp3) is 0.933. The first-order valence-corrected chi connectivity index (χ1v) is 7.73.